The number of hydrogen-bond donors (Lipinski definition) is 3. The highest BCUT2D eigenvalue weighted by molar-refractivity contribution is 7.27. The van der Waals surface area contributed by atoms with Gasteiger partial charge in [0.2, 0.25) is 0 Å². The van der Waals surface area contributed by atoms with Crippen molar-refractivity contribution in [2.24, 2.45) is 0 Å². The summed E-state index contributed by atoms with van der Waals surface area (Å²) in [7, 11) is -0.0129. The summed E-state index contributed by atoms with van der Waals surface area (Å²) in [5.41, 5.74) is 0.331. The molecule has 0 saturated carbocycles. The molecule has 0 saturated heterocycles. The van der Waals surface area contributed by atoms with Crippen molar-refractivity contribution in [2.45, 2.75) is 13.0 Å². The average Bonchev–Trinajstić information content (AvgIpc) is 2.77. The van der Waals surface area contributed by atoms with E-state index in [-0.39, 0.29) is 15.6 Å². The lowest BCUT2D eigenvalue weighted by atomic mass is 10.2. The Labute approximate surface area is 172 Å². The van der Waals surface area contributed by atoms with Gasteiger partial charge in [0.15, 0.2) is 0 Å². The molecule has 6 nitrogen and oxygen atoms in total. The Hall–Kier alpha value is -2.92. The Bertz CT molecular complexity index is 743. The smallest absolute Gasteiger partial charge is 0.335 e. The number of benzene rings is 3. The van der Waals surface area contributed by atoms with E-state index < -0.39 is 12.1 Å². The van der Waals surface area contributed by atoms with Crippen molar-refractivity contribution in [2.75, 3.05) is 6.61 Å². The zero-order valence-corrected chi connectivity index (χ0v) is 17.0. The Balaban J connectivity index is 0.000000255. The number of rotatable bonds is 6. The number of aliphatic hydroxyl groups is 2. The summed E-state index contributed by atoms with van der Waals surface area (Å²) in [6.07, 6.45) is -0.560. The van der Waals surface area contributed by atoms with Crippen LogP contribution < -0.4 is 9.05 Å². The number of para-hydroxylation sites is 2. The highest BCUT2D eigenvalue weighted by atomic mass is 31.1. The van der Waals surface area contributed by atoms with Gasteiger partial charge < -0.3 is 24.4 Å². The minimum atomic E-state index is -0.879. The Morgan fingerprint density at radius 2 is 1.17 bits per heavy atom. The van der Waals surface area contributed by atoms with Crippen LogP contribution in [0.5, 0.6) is 11.5 Å². The fourth-order valence-electron chi connectivity index (χ4n) is 1.67. The number of carbonyl (C=O) groups is 1. The van der Waals surface area contributed by atoms with Crippen LogP contribution in [0.4, 0.5) is 0 Å². The van der Waals surface area contributed by atoms with E-state index in [1.54, 1.807) is 30.3 Å². The molecule has 0 aromatic heterocycles. The van der Waals surface area contributed by atoms with Crippen molar-refractivity contribution >= 4 is 15.0 Å². The molecule has 3 N–H and O–H groups in total. The highest BCUT2D eigenvalue weighted by Crippen LogP contribution is 2.23. The SMILES string of the molecule is CC(O)CO.O=C(O)c1ccccc1.c1ccc(OPOc2ccccc2)cc1. The number of hydrogen-bond acceptors (Lipinski definition) is 5. The molecule has 0 aliphatic rings. The van der Waals surface area contributed by atoms with Gasteiger partial charge in [-0.1, -0.05) is 54.6 Å². The zero-order chi connectivity index (χ0) is 21.3. The summed E-state index contributed by atoms with van der Waals surface area (Å²) >= 11 is 0. The van der Waals surface area contributed by atoms with Crippen LogP contribution >= 0.6 is 9.03 Å². The molecule has 0 radical (unpaired) electrons. The standard InChI is InChI=1S/C12H11O2P.C7H6O2.C3H8O2/c1-3-7-11(8-4-1)13-15-14-12-9-5-2-6-10-12;8-7(9)6-4-2-1-3-5-6;1-3(5)2-4/h1-10,15H;1-5H,(H,8,9);3-5H,2H2,1H3. The van der Waals surface area contributed by atoms with Crippen LogP contribution in [0.2, 0.25) is 0 Å². The molecule has 3 aromatic rings. The van der Waals surface area contributed by atoms with Crippen molar-refractivity contribution < 1.29 is 29.2 Å². The van der Waals surface area contributed by atoms with Crippen LogP contribution in [-0.2, 0) is 0 Å². The van der Waals surface area contributed by atoms with Crippen molar-refractivity contribution in [3.8, 4) is 11.5 Å². The van der Waals surface area contributed by atoms with Crippen molar-refractivity contribution in [3.63, 3.8) is 0 Å². The summed E-state index contributed by atoms with van der Waals surface area (Å²) in [6, 6.07) is 27.5. The van der Waals surface area contributed by atoms with Gasteiger partial charge in [0, 0.05) is 0 Å². The van der Waals surface area contributed by atoms with Gasteiger partial charge in [-0.2, -0.15) is 0 Å². The van der Waals surface area contributed by atoms with Gasteiger partial charge in [0.05, 0.1) is 18.3 Å². The number of aliphatic hydroxyl groups excluding tert-OH is 2. The molecule has 154 valence electrons. The van der Waals surface area contributed by atoms with E-state index in [0.717, 1.165) is 11.5 Å². The van der Waals surface area contributed by atoms with Gasteiger partial charge in [-0.3, -0.25) is 0 Å². The molecule has 1 atom stereocenters. The molecule has 0 aliphatic heterocycles. The van der Waals surface area contributed by atoms with Crippen LogP contribution in [0.3, 0.4) is 0 Å². The lowest BCUT2D eigenvalue weighted by Crippen LogP contribution is -2.03. The van der Waals surface area contributed by atoms with Crippen LogP contribution in [0.1, 0.15) is 17.3 Å². The predicted octanol–water partition coefficient (Wildman–Crippen LogP) is 4.40. The van der Waals surface area contributed by atoms with Gasteiger partial charge >= 0.3 is 5.97 Å². The first kappa shape index (κ1) is 24.1. The average molecular weight is 416 g/mol. The fraction of sp³-hybridized carbons (Fsp3) is 0.136. The van der Waals surface area contributed by atoms with Crippen LogP contribution in [-0.4, -0.2) is 34.0 Å². The molecule has 0 heterocycles. The molecular weight excluding hydrogens is 391 g/mol. The minimum absolute atomic E-state index is 0.0129. The van der Waals surface area contributed by atoms with E-state index in [1.807, 2.05) is 60.7 Å². The van der Waals surface area contributed by atoms with Gasteiger partial charge in [-0.15, -0.1) is 0 Å². The maximum atomic E-state index is 10.2. The lowest BCUT2D eigenvalue weighted by Gasteiger charge is -2.06. The summed E-state index contributed by atoms with van der Waals surface area (Å²) in [6.45, 7) is 1.39. The van der Waals surface area contributed by atoms with E-state index >= 15 is 0 Å². The van der Waals surface area contributed by atoms with Crippen LogP contribution in [0, 0.1) is 0 Å². The monoisotopic (exact) mass is 416 g/mol. The maximum absolute atomic E-state index is 10.2. The lowest BCUT2D eigenvalue weighted by molar-refractivity contribution is 0.0697. The van der Waals surface area contributed by atoms with Crippen molar-refractivity contribution in [3.05, 3.63) is 96.6 Å². The summed E-state index contributed by atoms with van der Waals surface area (Å²) < 4.78 is 10.8. The molecule has 0 spiro atoms. The third-order valence-electron chi connectivity index (χ3n) is 3.09. The predicted molar refractivity (Wildman–Crippen MR) is 115 cm³/mol. The van der Waals surface area contributed by atoms with E-state index in [0.29, 0.717) is 5.56 Å². The largest absolute Gasteiger partial charge is 0.478 e. The zero-order valence-electron chi connectivity index (χ0n) is 16.0. The molecule has 3 rings (SSSR count). The third-order valence-corrected chi connectivity index (χ3v) is 3.73. The van der Waals surface area contributed by atoms with E-state index in [4.69, 9.17) is 24.4 Å². The Morgan fingerprint density at radius 3 is 1.45 bits per heavy atom. The van der Waals surface area contributed by atoms with Crippen molar-refractivity contribution in [1.29, 1.82) is 0 Å². The van der Waals surface area contributed by atoms with Gasteiger partial charge in [0.25, 0.3) is 9.03 Å². The van der Waals surface area contributed by atoms with E-state index in [1.165, 1.54) is 6.92 Å². The fourth-order valence-corrected chi connectivity index (χ4v) is 2.18. The summed E-state index contributed by atoms with van der Waals surface area (Å²) in [5.74, 6) is 0.772. The molecule has 7 heteroatoms. The number of carboxylic acids is 1. The third kappa shape index (κ3) is 12.2. The van der Waals surface area contributed by atoms with Crippen molar-refractivity contribution in [1.82, 2.24) is 0 Å². The second kappa shape index (κ2) is 15.1. The topological polar surface area (TPSA) is 96.2 Å². The van der Waals surface area contributed by atoms with Crippen LogP contribution in [0.25, 0.3) is 0 Å². The van der Waals surface area contributed by atoms with Gasteiger partial charge in [-0.05, 0) is 43.3 Å². The maximum Gasteiger partial charge on any atom is 0.335 e. The first-order valence-corrected chi connectivity index (χ1v) is 9.60. The Kier molecular flexibility index (Phi) is 12.5. The second-order valence-electron chi connectivity index (χ2n) is 5.62. The quantitative estimate of drug-likeness (QED) is 0.516. The normalized spacial score (nSPS) is 10.3. The minimum Gasteiger partial charge on any atom is -0.478 e. The first-order chi connectivity index (χ1) is 14.0. The Morgan fingerprint density at radius 1 is 0.828 bits per heavy atom. The number of aromatic carboxylic acids is 1. The van der Waals surface area contributed by atoms with Crippen LogP contribution in [0.15, 0.2) is 91.0 Å². The molecular formula is C22H25O6P. The molecule has 0 bridgehead atoms. The van der Waals surface area contributed by atoms with E-state index in [2.05, 4.69) is 0 Å². The molecule has 3 aromatic carbocycles. The first-order valence-electron chi connectivity index (χ1n) is 8.79. The molecule has 1 unspecified atom stereocenters. The highest BCUT2D eigenvalue weighted by Gasteiger charge is 1.96. The molecule has 0 aliphatic carbocycles. The summed E-state index contributed by atoms with van der Waals surface area (Å²) in [4.78, 5) is 10.2. The van der Waals surface area contributed by atoms with E-state index in [9.17, 15) is 4.79 Å². The van der Waals surface area contributed by atoms with Gasteiger partial charge in [0.1, 0.15) is 11.5 Å². The van der Waals surface area contributed by atoms with Gasteiger partial charge in [-0.25, -0.2) is 4.79 Å². The summed E-state index contributed by atoms with van der Waals surface area (Å²) in [5, 5.41) is 24.4. The molecule has 29 heavy (non-hydrogen) atoms. The molecule has 0 fully saturated rings. The number of carboxylic acid groups (broad SMARTS) is 1. The second-order valence-corrected chi connectivity index (χ2v) is 6.19. The molecule has 0 amide bonds.